The van der Waals surface area contributed by atoms with Gasteiger partial charge in [0.25, 0.3) is 5.91 Å². The number of nitrogens with one attached hydrogen (secondary N) is 1. The second kappa shape index (κ2) is 8.50. The topological polar surface area (TPSA) is 67.8 Å². The van der Waals surface area contributed by atoms with Gasteiger partial charge in [0.15, 0.2) is 17.7 Å². The first-order valence-electron chi connectivity index (χ1n) is 6.39. The fraction of sp³-hybridized carbons (Fsp3) is 0.500. The third-order valence-electron chi connectivity index (χ3n) is 2.70. The Kier molecular flexibility index (Phi) is 6.97. The summed E-state index contributed by atoms with van der Waals surface area (Å²) in [7, 11) is 1.51. The summed E-state index contributed by atoms with van der Waals surface area (Å²) in [5.41, 5.74) is 0. The van der Waals surface area contributed by atoms with E-state index in [4.69, 9.17) is 14.6 Å². The maximum Gasteiger partial charge on any atom is 0.261 e. The standard InChI is InChI=1S/C14H20FNO4/c1-10(20-13-6-4-3-5-12(13)15)14(18)16-11(7-8-17)9-19-2/h3-6,10-11,17H,7-9H2,1-2H3,(H,16,18). The van der Waals surface area contributed by atoms with Crippen LogP contribution in [0.2, 0.25) is 0 Å². The third-order valence-corrected chi connectivity index (χ3v) is 2.70. The number of hydrogen-bond donors (Lipinski definition) is 2. The van der Waals surface area contributed by atoms with Crippen molar-refractivity contribution < 1.29 is 23.8 Å². The van der Waals surface area contributed by atoms with Crippen molar-refractivity contribution >= 4 is 5.91 Å². The summed E-state index contributed by atoms with van der Waals surface area (Å²) in [6.45, 7) is 1.76. The Morgan fingerprint density at radius 3 is 2.75 bits per heavy atom. The van der Waals surface area contributed by atoms with E-state index in [1.54, 1.807) is 12.1 Å². The monoisotopic (exact) mass is 285 g/mol. The average Bonchev–Trinajstić information content (AvgIpc) is 2.41. The van der Waals surface area contributed by atoms with Crippen LogP contribution >= 0.6 is 0 Å². The number of aliphatic hydroxyl groups excluding tert-OH is 1. The van der Waals surface area contributed by atoms with Crippen LogP contribution in [0.25, 0.3) is 0 Å². The molecule has 1 aromatic carbocycles. The molecule has 0 fully saturated rings. The Morgan fingerprint density at radius 2 is 2.15 bits per heavy atom. The van der Waals surface area contributed by atoms with E-state index in [0.29, 0.717) is 13.0 Å². The molecule has 0 spiro atoms. The van der Waals surface area contributed by atoms with E-state index in [0.717, 1.165) is 0 Å². The molecular formula is C14H20FNO4. The van der Waals surface area contributed by atoms with Gasteiger partial charge in [0.1, 0.15) is 0 Å². The van der Waals surface area contributed by atoms with Crippen molar-refractivity contribution in [2.45, 2.75) is 25.5 Å². The smallest absolute Gasteiger partial charge is 0.261 e. The molecule has 6 heteroatoms. The first-order valence-corrected chi connectivity index (χ1v) is 6.39. The van der Waals surface area contributed by atoms with Gasteiger partial charge in [0.05, 0.1) is 12.6 Å². The molecule has 1 rings (SSSR count). The molecule has 20 heavy (non-hydrogen) atoms. The highest BCUT2D eigenvalue weighted by Crippen LogP contribution is 2.17. The quantitative estimate of drug-likeness (QED) is 0.751. The molecule has 1 aromatic rings. The molecule has 0 heterocycles. The summed E-state index contributed by atoms with van der Waals surface area (Å²) in [4.78, 5) is 11.9. The molecule has 2 N–H and O–H groups in total. The summed E-state index contributed by atoms with van der Waals surface area (Å²) in [5.74, 6) is -0.875. The molecule has 5 nitrogen and oxygen atoms in total. The van der Waals surface area contributed by atoms with E-state index in [1.807, 2.05) is 0 Å². The van der Waals surface area contributed by atoms with Crippen molar-refractivity contribution in [2.75, 3.05) is 20.3 Å². The van der Waals surface area contributed by atoms with Crippen LogP contribution in [-0.4, -0.2) is 43.5 Å². The summed E-state index contributed by atoms with van der Waals surface area (Å²) in [6, 6.07) is 5.59. The highest BCUT2D eigenvalue weighted by atomic mass is 19.1. The molecule has 2 atom stereocenters. The molecule has 0 radical (unpaired) electrons. The van der Waals surface area contributed by atoms with Gasteiger partial charge in [0.2, 0.25) is 0 Å². The predicted molar refractivity (Wildman–Crippen MR) is 72.0 cm³/mol. The Bertz CT molecular complexity index is 421. The lowest BCUT2D eigenvalue weighted by molar-refractivity contribution is -0.128. The number of carbonyl (C=O) groups excluding carboxylic acids is 1. The van der Waals surface area contributed by atoms with Crippen molar-refractivity contribution in [1.29, 1.82) is 0 Å². The molecule has 112 valence electrons. The second-order valence-electron chi connectivity index (χ2n) is 4.36. The van der Waals surface area contributed by atoms with E-state index < -0.39 is 11.9 Å². The van der Waals surface area contributed by atoms with Crippen LogP contribution < -0.4 is 10.1 Å². The van der Waals surface area contributed by atoms with Crippen LogP contribution in [-0.2, 0) is 9.53 Å². The van der Waals surface area contributed by atoms with Crippen LogP contribution in [0.4, 0.5) is 4.39 Å². The molecule has 0 bridgehead atoms. The number of para-hydroxylation sites is 1. The highest BCUT2D eigenvalue weighted by Gasteiger charge is 2.19. The molecule has 0 aromatic heterocycles. The number of ether oxygens (including phenoxy) is 2. The fourth-order valence-electron chi connectivity index (χ4n) is 1.66. The van der Waals surface area contributed by atoms with Crippen LogP contribution in [0.1, 0.15) is 13.3 Å². The highest BCUT2D eigenvalue weighted by molar-refractivity contribution is 5.81. The number of benzene rings is 1. The van der Waals surface area contributed by atoms with Gasteiger partial charge < -0.3 is 19.9 Å². The minimum absolute atomic E-state index is 0.0283. The van der Waals surface area contributed by atoms with E-state index in [1.165, 1.54) is 26.2 Å². The van der Waals surface area contributed by atoms with Crippen LogP contribution in [0.5, 0.6) is 5.75 Å². The SMILES string of the molecule is COCC(CCO)NC(=O)C(C)Oc1ccccc1F. The third kappa shape index (κ3) is 5.14. The zero-order valence-corrected chi connectivity index (χ0v) is 11.6. The lowest BCUT2D eigenvalue weighted by Gasteiger charge is -2.20. The number of hydrogen-bond acceptors (Lipinski definition) is 4. The largest absolute Gasteiger partial charge is 0.478 e. The van der Waals surface area contributed by atoms with Crippen LogP contribution in [0.15, 0.2) is 24.3 Å². The Hall–Kier alpha value is -1.66. The number of methoxy groups -OCH3 is 1. The molecule has 0 aliphatic rings. The maximum absolute atomic E-state index is 13.4. The predicted octanol–water partition coefficient (Wildman–Crippen LogP) is 1.11. The molecule has 1 amide bonds. The van der Waals surface area contributed by atoms with E-state index in [-0.39, 0.29) is 24.3 Å². The van der Waals surface area contributed by atoms with Gasteiger partial charge in [-0.3, -0.25) is 4.79 Å². The first kappa shape index (κ1) is 16.4. The summed E-state index contributed by atoms with van der Waals surface area (Å²) < 4.78 is 23.6. The van der Waals surface area contributed by atoms with Gasteiger partial charge in [-0.05, 0) is 25.5 Å². The van der Waals surface area contributed by atoms with Crippen LogP contribution in [0, 0.1) is 5.82 Å². The van der Waals surface area contributed by atoms with Crippen molar-refractivity contribution in [3.05, 3.63) is 30.1 Å². The molecule has 0 aliphatic heterocycles. The number of rotatable bonds is 8. The number of carbonyl (C=O) groups is 1. The molecule has 2 unspecified atom stereocenters. The van der Waals surface area contributed by atoms with Crippen molar-refractivity contribution in [1.82, 2.24) is 5.32 Å². The minimum Gasteiger partial charge on any atom is -0.478 e. The Labute approximate surface area is 117 Å². The lowest BCUT2D eigenvalue weighted by Crippen LogP contribution is -2.44. The summed E-state index contributed by atoms with van der Waals surface area (Å²) in [5, 5.41) is 11.6. The van der Waals surface area contributed by atoms with Gasteiger partial charge in [-0.1, -0.05) is 12.1 Å². The van der Waals surface area contributed by atoms with Gasteiger partial charge >= 0.3 is 0 Å². The summed E-state index contributed by atoms with van der Waals surface area (Å²) in [6.07, 6.45) is -0.462. The molecule has 0 saturated heterocycles. The zero-order valence-electron chi connectivity index (χ0n) is 11.6. The van der Waals surface area contributed by atoms with Gasteiger partial charge in [-0.15, -0.1) is 0 Å². The van der Waals surface area contributed by atoms with Crippen molar-refractivity contribution in [3.8, 4) is 5.75 Å². The normalized spacial score (nSPS) is 13.6. The zero-order chi connectivity index (χ0) is 15.0. The van der Waals surface area contributed by atoms with Gasteiger partial charge in [-0.2, -0.15) is 0 Å². The average molecular weight is 285 g/mol. The molecular weight excluding hydrogens is 265 g/mol. The molecule has 0 aliphatic carbocycles. The van der Waals surface area contributed by atoms with Crippen LogP contribution in [0.3, 0.4) is 0 Å². The Balaban J connectivity index is 2.56. The Morgan fingerprint density at radius 1 is 1.45 bits per heavy atom. The fourth-order valence-corrected chi connectivity index (χ4v) is 1.66. The number of aliphatic hydroxyl groups is 1. The van der Waals surface area contributed by atoms with Gasteiger partial charge in [-0.25, -0.2) is 4.39 Å². The van der Waals surface area contributed by atoms with E-state index in [2.05, 4.69) is 5.32 Å². The van der Waals surface area contributed by atoms with Gasteiger partial charge in [0, 0.05) is 13.7 Å². The van der Waals surface area contributed by atoms with Crippen molar-refractivity contribution in [3.63, 3.8) is 0 Å². The van der Waals surface area contributed by atoms with E-state index in [9.17, 15) is 9.18 Å². The second-order valence-corrected chi connectivity index (χ2v) is 4.36. The van der Waals surface area contributed by atoms with Crippen molar-refractivity contribution in [2.24, 2.45) is 0 Å². The van der Waals surface area contributed by atoms with E-state index >= 15 is 0 Å². The first-order chi connectivity index (χ1) is 9.58. The summed E-state index contributed by atoms with van der Waals surface area (Å²) >= 11 is 0. The minimum atomic E-state index is -0.843. The number of halogens is 1. The maximum atomic E-state index is 13.4. The lowest BCUT2D eigenvalue weighted by atomic mass is 10.2. The number of amides is 1. The molecule has 0 saturated carbocycles.